The lowest BCUT2D eigenvalue weighted by Gasteiger charge is -2.24. The van der Waals surface area contributed by atoms with Crippen molar-refractivity contribution in [2.45, 2.75) is 31.8 Å². The number of hydrogen-bond donors (Lipinski definition) is 2. The predicted octanol–water partition coefficient (Wildman–Crippen LogP) is 3.39. The van der Waals surface area contributed by atoms with E-state index in [-0.39, 0.29) is 31.6 Å². The number of esters is 1. The van der Waals surface area contributed by atoms with Crippen molar-refractivity contribution in [3.05, 3.63) is 65.7 Å². The van der Waals surface area contributed by atoms with Gasteiger partial charge in [0, 0.05) is 25.1 Å². The summed E-state index contributed by atoms with van der Waals surface area (Å²) >= 11 is 0. The number of anilines is 1. The third-order valence-corrected chi connectivity index (χ3v) is 4.45. The minimum atomic E-state index is -0.372. The van der Waals surface area contributed by atoms with Crippen LogP contribution in [0.25, 0.3) is 0 Å². The highest BCUT2D eigenvalue weighted by Gasteiger charge is 2.27. The molecule has 1 fully saturated rings. The zero-order chi connectivity index (χ0) is 19.1. The summed E-state index contributed by atoms with van der Waals surface area (Å²) in [6.07, 6.45) is 1.35. The van der Waals surface area contributed by atoms with Crippen molar-refractivity contribution in [3.8, 4) is 0 Å². The van der Waals surface area contributed by atoms with Gasteiger partial charge in [0.1, 0.15) is 12.4 Å². The number of ether oxygens (including phenoxy) is 1. The SMILES string of the molecule is O=C1CC(c2ccc(COC(=O)CCNC(=O)Nc3ccccc3)cc2)C1. The molecular formula is C21H22N2O4. The largest absolute Gasteiger partial charge is 0.461 e. The number of benzene rings is 2. The van der Waals surface area contributed by atoms with Gasteiger partial charge in [0.25, 0.3) is 0 Å². The van der Waals surface area contributed by atoms with E-state index < -0.39 is 0 Å². The molecule has 2 amide bonds. The highest BCUT2D eigenvalue weighted by molar-refractivity contribution is 5.89. The van der Waals surface area contributed by atoms with E-state index in [1.165, 1.54) is 0 Å². The highest BCUT2D eigenvalue weighted by Crippen LogP contribution is 2.33. The van der Waals surface area contributed by atoms with Gasteiger partial charge in [-0.15, -0.1) is 0 Å². The maximum absolute atomic E-state index is 11.8. The summed E-state index contributed by atoms with van der Waals surface area (Å²) in [6, 6.07) is 16.5. The highest BCUT2D eigenvalue weighted by atomic mass is 16.5. The Kier molecular flexibility index (Phi) is 6.20. The molecule has 6 nitrogen and oxygen atoms in total. The van der Waals surface area contributed by atoms with E-state index in [0.717, 1.165) is 11.1 Å². The fourth-order valence-corrected chi connectivity index (χ4v) is 2.82. The molecule has 0 aromatic heterocycles. The number of hydrogen-bond acceptors (Lipinski definition) is 4. The van der Waals surface area contributed by atoms with Crippen LogP contribution in [0.5, 0.6) is 0 Å². The Morgan fingerprint density at radius 3 is 2.37 bits per heavy atom. The summed E-state index contributed by atoms with van der Waals surface area (Å²) in [5.41, 5.74) is 2.73. The molecule has 0 spiro atoms. The van der Waals surface area contributed by atoms with Crippen LogP contribution in [-0.4, -0.2) is 24.3 Å². The van der Waals surface area contributed by atoms with E-state index in [9.17, 15) is 14.4 Å². The molecule has 0 heterocycles. The van der Waals surface area contributed by atoms with Crippen LogP contribution in [0.2, 0.25) is 0 Å². The monoisotopic (exact) mass is 366 g/mol. The summed E-state index contributed by atoms with van der Waals surface area (Å²) in [6.45, 7) is 0.394. The van der Waals surface area contributed by atoms with Crippen molar-refractivity contribution < 1.29 is 19.1 Å². The summed E-state index contributed by atoms with van der Waals surface area (Å²) in [5.74, 6) is 0.273. The van der Waals surface area contributed by atoms with Crippen molar-refractivity contribution in [1.29, 1.82) is 0 Å². The van der Waals surface area contributed by atoms with Crippen molar-refractivity contribution in [2.75, 3.05) is 11.9 Å². The van der Waals surface area contributed by atoms with Crippen LogP contribution in [0.1, 0.15) is 36.3 Å². The fraction of sp³-hybridized carbons (Fsp3) is 0.286. The van der Waals surface area contributed by atoms with E-state index >= 15 is 0 Å². The first kappa shape index (κ1) is 18.6. The molecule has 2 aromatic rings. The van der Waals surface area contributed by atoms with E-state index in [0.29, 0.717) is 30.2 Å². The Hall–Kier alpha value is -3.15. The number of para-hydroxylation sites is 1. The molecule has 2 aromatic carbocycles. The van der Waals surface area contributed by atoms with Gasteiger partial charge in [-0.1, -0.05) is 42.5 Å². The van der Waals surface area contributed by atoms with Gasteiger partial charge in [0.2, 0.25) is 0 Å². The third-order valence-electron chi connectivity index (χ3n) is 4.45. The van der Waals surface area contributed by atoms with E-state index in [4.69, 9.17) is 4.74 Å². The second kappa shape index (κ2) is 8.98. The van der Waals surface area contributed by atoms with Gasteiger partial charge in [-0.2, -0.15) is 0 Å². The van der Waals surface area contributed by atoms with Gasteiger partial charge in [-0.25, -0.2) is 4.79 Å². The molecule has 1 aliphatic rings. The van der Waals surface area contributed by atoms with E-state index in [1.54, 1.807) is 12.1 Å². The van der Waals surface area contributed by atoms with Crippen LogP contribution in [0, 0.1) is 0 Å². The number of rotatable bonds is 7. The van der Waals surface area contributed by atoms with Crippen LogP contribution >= 0.6 is 0 Å². The molecular weight excluding hydrogens is 344 g/mol. The molecule has 1 aliphatic carbocycles. The average Bonchev–Trinajstić information content (AvgIpc) is 2.65. The number of Topliss-reactive ketones (excluding diaryl/α,β-unsaturated/α-hetero) is 1. The third kappa shape index (κ3) is 5.67. The molecule has 27 heavy (non-hydrogen) atoms. The molecule has 0 saturated heterocycles. The zero-order valence-corrected chi connectivity index (χ0v) is 14.9. The second-order valence-corrected chi connectivity index (χ2v) is 6.54. The molecule has 3 rings (SSSR count). The number of carbonyl (C=O) groups excluding carboxylic acids is 3. The van der Waals surface area contributed by atoms with Gasteiger partial charge < -0.3 is 15.4 Å². The van der Waals surface area contributed by atoms with Gasteiger partial charge in [0.15, 0.2) is 0 Å². The van der Waals surface area contributed by atoms with Crippen LogP contribution in [-0.2, 0) is 20.9 Å². The average molecular weight is 366 g/mol. The van der Waals surface area contributed by atoms with Crippen LogP contribution in [0.15, 0.2) is 54.6 Å². The molecule has 0 radical (unpaired) electrons. The Labute approximate surface area is 157 Å². The Balaban J connectivity index is 1.32. The predicted molar refractivity (Wildman–Crippen MR) is 101 cm³/mol. The van der Waals surface area contributed by atoms with E-state index in [1.807, 2.05) is 42.5 Å². The number of amides is 2. The molecule has 1 saturated carbocycles. The molecule has 6 heteroatoms. The van der Waals surface area contributed by atoms with Crippen LogP contribution < -0.4 is 10.6 Å². The van der Waals surface area contributed by atoms with Crippen LogP contribution in [0.4, 0.5) is 10.5 Å². The van der Waals surface area contributed by atoms with Crippen LogP contribution in [0.3, 0.4) is 0 Å². The molecule has 0 unspecified atom stereocenters. The number of nitrogens with one attached hydrogen (secondary N) is 2. The Bertz CT molecular complexity index is 795. The number of carbonyl (C=O) groups is 3. The Morgan fingerprint density at radius 2 is 1.70 bits per heavy atom. The maximum atomic E-state index is 11.8. The number of ketones is 1. The summed E-state index contributed by atoms with van der Waals surface area (Å²) < 4.78 is 5.22. The standard InChI is InChI=1S/C21H22N2O4/c24-19-12-17(13-19)16-8-6-15(7-9-16)14-27-20(25)10-11-22-21(26)23-18-4-2-1-3-5-18/h1-9,17H,10-14H2,(H2,22,23,26). The minimum absolute atomic E-state index is 0.102. The summed E-state index contributed by atoms with van der Waals surface area (Å²) in [7, 11) is 0. The first-order chi connectivity index (χ1) is 13.1. The minimum Gasteiger partial charge on any atom is -0.461 e. The molecule has 2 N–H and O–H groups in total. The van der Waals surface area contributed by atoms with Crippen molar-refractivity contribution >= 4 is 23.5 Å². The quantitative estimate of drug-likeness (QED) is 0.736. The number of urea groups is 1. The fourth-order valence-electron chi connectivity index (χ4n) is 2.82. The molecule has 0 atom stereocenters. The normalized spacial score (nSPS) is 13.6. The van der Waals surface area contributed by atoms with Gasteiger partial charge in [-0.3, -0.25) is 9.59 Å². The first-order valence-electron chi connectivity index (χ1n) is 8.96. The lowest BCUT2D eigenvalue weighted by atomic mass is 9.79. The van der Waals surface area contributed by atoms with Gasteiger partial charge in [-0.05, 0) is 29.2 Å². The van der Waals surface area contributed by atoms with E-state index in [2.05, 4.69) is 10.6 Å². The topological polar surface area (TPSA) is 84.5 Å². The summed E-state index contributed by atoms with van der Waals surface area (Å²) in [5, 5.41) is 5.30. The van der Waals surface area contributed by atoms with Gasteiger partial charge >= 0.3 is 12.0 Å². The molecule has 0 aliphatic heterocycles. The second-order valence-electron chi connectivity index (χ2n) is 6.54. The lowest BCUT2D eigenvalue weighted by Crippen LogP contribution is -2.30. The zero-order valence-electron chi connectivity index (χ0n) is 14.9. The summed E-state index contributed by atoms with van der Waals surface area (Å²) in [4.78, 5) is 34.6. The smallest absolute Gasteiger partial charge is 0.319 e. The molecule has 140 valence electrons. The maximum Gasteiger partial charge on any atom is 0.319 e. The van der Waals surface area contributed by atoms with Crippen molar-refractivity contribution in [2.24, 2.45) is 0 Å². The van der Waals surface area contributed by atoms with Gasteiger partial charge in [0.05, 0.1) is 6.42 Å². The van der Waals surface area contributed by atoms with Crippen molar-refractivity contribution in [3.63, 3.8) is 0 Å². The molecule has 0 bridgehead atoms. The lowest BCUT2D eigenvalue weighted by molar-refractivity contribution is -0.144. The van der Waals surface area contributed by atoms with Crippen molar-refractivity contribution in [1.82, 2.24) is 5.32 Å². The Morgan fingerprint density at radius 1 is 1.00 bits per heavy atom. The first-order valence-corrected chi connectivity index (χ1v) is 8.96.